The van der Waals surface area contributed by atoms with Crippen LogP contribution in [0.1, 0.15) is 27.7 Å². The zero-order chi connectivity index (χ0) is 13.4. The van der Waals surface area contributed by atoms with Gasteiger partial charge in [-0.25, -0.2) is 0 Å². The lowest BCUT2D eigenvalue weighted by Crippen LogP contribution is -2.35. The molecule has 0 bridgehead atoms. The SMILES string of the molecule is C=C/C(B(O)O)=c1/ncccc1=C(C)C.CC. The normalized spacial score (nSPS) is 10.9. The predicted octanol–water partition coefficient (Wildman–Crippen LogP) is 0.647. The molecule has 1 aromatic rings. The predicted molar refractivity (Wildman–Crippen MR) is 73.4 cm³/mol. The van der Waals surface area contributed by atoms with Crippen molar-refractivity contribution in [1.29, 1.82) is 0 Å². The Morgan fingerprint density at radius 1 is 1.35 bits per heavy atom. The van der Waals surface area contributed by atoms with E-state index in [4.69, 9.17) is 10.0 Å². The molecule has 0 amide bonds. The summed E-state index contributed by atoms with van der Waals surface area (Å²) >= 11 is 0. The van der Waals surface area contributed by atoms with Gasteiger partial charge < -0.3 is 10.0 Å². The maximum Gasteiger partial charge on any atom is 0.490 e. The van der Waals surface area contributed by atoms with Crippen LogP contribution in [0.5, 0.6) is 0 Å². The lowest BCUT2D eigenvalue weighted by molar-refractivity contribution is 0.427. The average molecular weight is 233 g/mol. The number of pyridine rings is 1. The van der Waals surface area contributed by atoms with Crippen molar-refractivity contribution in [2.45, 2.75) is 27.7 Å². The van der Waals surface area contributed by atoms with Gasteiger partial charge in [0.05, 0.1) is 5.35 Å². The van der Waals surface area contributed by atoms with Crippen molar-refractivity contribution in [3.8, 4) is 0 Å². The van der Waals surface area contributed by atoms with Crippen LogP contribution in [-0.2, 0) is 0 Å². The van der Waals surface area contributed by atoms with E-state index in [2.05, 4.69) is 11.6 Å². The van der Waals surface area contributed by atoms with E-state index in [9.17, 15) is 0 Å². The topological polar surface area (TPSA) is 53.4 Å². The van der Waals surface area contributed by atoms with E-state index in [1.165, 1.54) is 6.08 Å². The molecule has 0 aliphatic heterocycles. The first-order chi connectivity index (χ1) is 8.07. The highest BCUT2D eigenvalue weighted by molar-refractivity contribution is 6.64. The Hall–Kier alpha value is -1.39. The molecule has 3 nitrogen and oxygen atoms in total. The second-order valence-corrected chi connectivity index (χ2v) is 3.43. The summed E-state index contributed by atoms with van der Waals surface area (Å²) in [7, 11) is -1.55. The van der Waals surface area contributed by atoms with Gasteiger partial charge in [0.1, 0.15) is 0 Å². The highest BCUT2D eigenvalue weighted by Crippen LogP contribution is 1.94. The Balaban J connectivity index is 0.00000121. The van der Waals surface area contributed by atoms with Crippen LogP contribution in [0.25, 0.3) is 11.0 Å². The molecule has 0 unspecified atom stereocenters. The molecule has 0 saturated carbocycles. The summed E-state index contributed by atoms with van der Waals surface area (Å²) in [6.45, 7) is 11.5. The van der Waals surface area contributed by atoms with E-state index >= 15 is 0 Å². The summed E-state index contributed by atoms with van der Waals surface area (Å²) in [5.74, 6) is 0. The molecule has 0 spiro atoms. The van der Waals surface area contributed by atoms with Gasteiger partial charge in [0.2, 0.25) is 0 Å². The number of rotatable bonds is 2. The molecule has 17 heavy (non-hydrogen) atoms. The van der Waals surface area contributed by atoms with Crippen molar-refractivity contribution in [3.05, 3.63) is 41.6 Å². The fourth-order valence-corrected chi connectivity index (χ4v) is 1.36. The summed E-state index contributed by atoms with van der Waals surface area (Å²) in [5, 5.41) is 19.8. The summed E-state index contributed by atoms with van der Waals surface area (Å²) in [5.41, 5.74) is 1.39. The van der Waals surface area contributed by atoms with Crippen molar-refractivity contribution < 1.29 is 10.0 Å². The van der Waals surface area contributed by atoms with Gasteiger partial charge in [0.25, 0.3) is 0 Å². The third-order valence-electron chi connectivity index (χ3n) is 2.12. The first kappa shape index (κ1) is 15.6. The molecule has 2 N–H and O–H groups in total. The minimum Gasteiger partial charge on any atom is -0.423 e. The molecule has 0 atom stereocenters. The van der Waals surface area contributed by atoms with Gasteiger partial charge in [0, 0.05) is 11.7 Å². The van der Waals surface area contributed by atoms with Crippen molar-refractivity contribution in [1.82, 2.24) is 4.98 Å². The molecule has 0 saturated heterocycles. The lowest BCUT2D eigenvalue weighted by Gasteiger charge is -2.00. The standard InChI is InChI=1S/C11H14BNO2.C2H6/c1-4-10(12(14)15)11-9(8(2)3)6-5-7-13-11;1-2/h4-7,14-15H,1H2,2-3H3;1-2H3/b11-10-;. The first-order valence-electron chi connectivity index (χ1n) is 5.69. The highest BCUT2D eigenvalue weighted by Gasteiger charge is 2.13. The lowest BCUT2D eigenvalue weighted by atomic mass is 9.78. The van der Waals surface area contributed by atoms with Crippen LogP contribution in [0.3, 0.4) is 0 Å². The third-order valence-corrected chi connectivity index (χ3v) is 2.12. The summed E-state index contributed by atoms with van der Waals surface area (Å²) in [4.78, 5) is 4.14. The maximum absolute atomic E-state index is 9.17. The Morgan fingerprint density at radius 3 is 2.35 bits per heavy atom. The van der Waals surface area contributed by atoms with Crippen molar-refractivity contribution in [3.63, 3.8) is 0 Å². The number of hydrogen-bond donors (Lipinski definition) is 2. The van der Waals surface area contributed by atoms with Crippen LogP contribution >= 0.6 is 0 Å². The molecule has 92 valence electrons. The largest absolute Gasteiger partial charge is 0.490 e. The zero-order valence-corrected chi connectivity index (χ0v) is 10.9. The molecular formula is C13H20BNO2. The van der Waals surface area contributed by atoms with Gasteiger partial charge in [-0.3, -0.25) is 4.98 Å². The van der Waals surface area contributed by atoms with E-state index < -0.39 is 7.12 Å². The summed E-state index contributed by atoms with van der Waals surface area (Å²) in [6, 6.07) is 3.71. The first-order valence-corrected chi connectivity index (χ1v) is 5.69. The van der Waals surface area contributed by atoms with Gasteiger partial charge in [-0.15, -0.1) is 0 Å². The minimum atomic E-state index is -1.55. The van der Waals surface area contributed by atoms with Crippen LogP contribution in [0.2, 0.25) is 0 Å². The fraction of sp³-hybridized carbons (Fsp3) is 0.308. The molecule has 0 fully saturated rings. The van der Waals surface area contributed by atoms with Gasteiger partial charge in [0.15, 0.2) is 0 Å². The quantitative estimate of drug-likeness (QED) is 0.737. The van der Waals surface area contributed by atoms with Gasteiger partial charge in [-0.2, -0.15) is 0 Å². The van der Waals surface area contributed by atoms with Crippen molar-refractivity contribution in [2.24, 2.45) is 0 Å². The number of aromatic nitrogens is 1. The van der Waals surface area contributed by atoms with Crippen LogP contribution in [0.15, 0.2) is 31.0 Å². The molecule has 0 radical (unpaired) electrons. The zero-order valence-electron chi connectivity index (χ0n) is 10.9. The van der Waals surface area contributed by atoms with Crippen molar-refractivity contribution >= 4 is 18.2 Å². The van der Waals surface area contributed by atoms with Crippen molar-refractivity contribution in [2.75, 3.05) is 0 Å². The second-order valence-electron chi connectivity index (χ2n) is 3.43. The Labute approximate surface area is 103 Å². The third kappa shape index (κ3) is 4.17. The van der Waals surface area contributed by atoms with E-state index in [1.807, 2.05) is 39.8 Å². The van der Waals surface area contributed by atoms with Crippen LogP contribution in [0, 0.1) is 0 Å². The molecule has 0 aliphatic rings. The van der Waals surface area contributed by atoms with Gasteiger partial charge in [-0.05, 0) is 25.1 Å². The molecule has 1 heterocycles. The molecule has 4 heteroatoms. The molecule has 1 aromatic heterocycles. The summed E-state index contributed by atoms with van der Waals surface area (Å²) in [6.07, 6.45) is 3.03. The fourth-order valence-electron chi connectivity index (χ4n) is 1.36. The van der Waals surface area contributed by atoms with E-state index in [0.717, 1.165) is 10.8 Å². The smallest absolute Gasteiger partial charge is 0.423 e. The Kier molecular flexibility index (Phi) is 7.18. The Bertz CT molecular complexity index is 476. The average Bonchev–Trinajstić information content (AvgIpc) is 2.32. The van der Waals surface area contributed by atoms with E-state index in [1.54, 1.807) is 6.20 Å². The molecule has 0 aliphatic carbocycles. The van der Waals surface area contributed by atoms with Gasteiger partial charge >= 0.3 is 7.12 Å². The molecule has 0 aromatic carbocycles. The monoisotopic (exact) mass is 233 g/mol. The Morgan fingerprint density at radius 2 is 1.94 bits per heavy atom. The van der Waals surface area contributed by atoms with Crippen LogP contribution in [0.4, 0.5) is 0 Å². The van der Waals surface area contributed by atoms with E-state index in [-0.39, 0.29) is 0 Å². The van der Waals surface area contributed by atoms with Crippen LogP contribution in [-0.4, -0.2) is 22.2 Å². The number of nitrogens with zero attached hydrogens (tertiary/aromatic N) is 1. The highest BCUT2D eigenvalue weighted by atomic mass is 16.4. The molecule has 1 rings (SSSR count). The van der Waals surface area contributed by atoms with E-state index in [0.29, 0.717) is 10.8 Å². The number of hydrogen-bond acceptors (Lipinski definition) is 3. The second kappa shape index (κ2) is 7.82. The molecular weight excluding hydrogens is 213 g/mol. The summed E-state index contributed by atoms with van der Waals surface area (Å²) < 4.78 is 0. The maximum atomic E-state index is 9.17. The minimum absolute atomic E-state index is 0.326. The van der Waals surface area contributed by atoms with Crippen LogP contribution < -0.4 is 10.6 Å². The number of allylic oxidation sites excluding steroid dienone is 1. The van der Waals surface area contributed by atoms with Gasteiger partial charge in [-0.1, -0.05) is 38.1 Å².